The first-order chi connectivity index (χ1) is 7.54. The summed E-state index contributed by atoms with van der Waals surface area (Å²) in [6.07, 6.45) is 0. The molecule has 1 aliphatic rings. The van der Waals surface area contributed by atoms with Crippen LogP contribution in [0.3, 0.4) is 0 Å². The van der Waals surface area contributed by atoms with Gasteiger partial charge in [0.05, 0.1) is 6.54 Å². The van der Waals surface area contributed by atoms with Crippen LogP contribution in [-0.2, 0) is 4.79 Å². The summed E-state index contributed by atoms with van der Waals surface area (Å²) in [5.41, 5.74) is 5.42. The summed E-state index contributed by atoms with van der Waals surface area (Å²) in [5.74, 6) is 0.461. The van der Waals surface area contributed by atoms with E-state index in [1.54, 1.807) is 0 Å². The topological polar surface area (TPSA) is 82.2 Å². The average Bonchev–Trinajstić information content (AvgIpc) is 2.28. The Morgan fingerprint density at radius 2 is 1.94 bits per heavy atom. The van der Waals surface area contributed by atoms with Crippen molar-refractivity contribution >= 4 is 11.7 Å². The van der Waals surface area contributed by atoms with Crippen molar-refractivity contribution in [1.82, 2.24) is 9.80 Å². The molecule has 1 fully saturated rings. The maximum atomic E-state index is 11.7. The number of rotatable bonds is 3. The summed E-state index contributed by atoms with van der Waals surface area (Å²) >= 11 is 0. The van der Waals surface area contributed by atoms with E-state index in [9.17, 15) is 4.79 Å². The molecule has 1 rings (SSSR count). The fourth-order valence-electron chi connectivity index (χ4n) is 1.75. The third kappa shape index (κ3) is 3.37. The van der Waals surface area contributed by atoms with E-state index in [2.05, 4.69) is 10.1 Å². The van der Waals surface area contributed by atoms with Gasteiger partial charge in [-0.3, -0.25) is 9.69 Å². The highest BCUT2D eigenvalue weighted by Gasteiger charge is 2.22. The second-order valence-corrected chi connectivity index (χ2v) is 4.35. The lowest BCUT2D eigenvalue weighted by molar-refractivity contribution is -0.136. The Morgan fingerprint density at radius 3 is 2.38 bits per heavy atom. The normalized spacial score (nSPS) is 19.2. The van der Waals surface area contributed by atoms with Crippen LogP contribution in [0.25, 0.3) is 0 Å². The van der Waals surface area contributed by atoms with E-state index in [1.165, 1.54) is 0 Å². The van der Waals surface area contributed by atoms with E-state index in [0.717, 1.165) is 26.2 Å². The minimum Gasteiger partial charge on any atom is -0.409 e. The van der Waals surface area contributed by atoms with E-state index >= 15 is 0 Å². The number of carbonyl (C=O) groups excluding carboxylic acids is 1. The van der Waals surface area contributed by atoms with Gasteiger partial charge in [0.25, 0.3) is 0 Å². The van der Waals surface area contributed by atoms with Crippen LogP contribution in [0.15, 0.2) is 5.16 Å². The number of amidine groups is 1. The smallest absolute Gasteiger partial charge is 0.225 e. The number of nitrogens with zero attached hydrogens (tertiary/aromatic N) is 3. The molecular formula is C10H20N4O2. The molecule has 1 saturated heterocycles. The van der Waals surface area contributed by atoms with Gasteiger partial charge in [0, 0.05) is 32.1 Å². The molecule has 3 N–H and O–H groups in total. The molecule has 0 aliphatic carbocycles. The molecule has 1 heterocycles. The Labute approximate surface area is 95.7 Å². The molecule has 0 radical (unpaired) electrons. The summed E-state index contributed by atoms with van der Waals surface area (Å²) < 4.78 is 0. The first-order valence-electron chi connectivity index (χ1n) is 5.52. The molecule has 0 aromatic rings. The van der Waals surface area contributed by atoms with Crippen molar-refractivity contribution in [2.45, 2.75) is 13.8 Å². The number of oxime groups is 1. The van der Waals surface area contributed by atoms with Crippen molar-refractivity contribution in [3.05, 3.63) is 0 Å². The predicted molar refractivity (Wildman–Crippen MR) is 61.3 cm³/mol. The van der Waals surface area contributed by atoms with Gasteiger partial charge in [-0.25, -0.2) is 0 Å². The lowest BCUT2D eigenvalue weighted by atomic mass is 10.1. The highest BCUT2D eigenvalue weighted by atomic mass is 16.4. The van der Waals surface area contributed by atoms with E-state index in [4.69, 9.17) is 10.9 Å². The number of hydrogen-bond donors (Lipinski definition) is 2. The first kappa shape index (κ1) is 12.8. The number of nitrogens with two attached hydrogens (primary N) is 1. The summed E-state index contributed by atoms with van der Waals surface area (Å²) in [4.78, 5) is 15.6. The second kappa shape index (κ2) is 5.69. The Hall–Kier alpha value is -1.30. The van der Waals surface area contributed by atoms with Gasteiger partial charge in [0.1, 0.15) is 0 Å². The zero-order chi connectivity index (χ0) is 12.1. The molecular weight excluding hydrogens is 208 g/mol. The summed E-state index contributed by atoms with van der Waals surface area (Å²) in [5, 5.41) is 11.4. The second-order valence-electron chi connectivity index (χ2n) is 4.35. The van der Waals surface area contributed by atoms with E-state index < -0.39 is 0 Å². The van der Waals surface area contributed by atoms with Gasteiger partial charge in [-0.2, -0.15) is 0 Å². The van der Waals surface area contributed by atoms with Gasteiger partial charge in [-0.15, -0.1) is 0 Å². The summed E-state index contributed by atoms with van der Waals surface area (Å²) in [6.45, 7) is 7.26. The number of hydrogen-bond acceptors (Lipinski definition) is 4. The Balaban J connectivity index is 2.37. The van der Waals surface area contributed by atoms with Crippen molar-refractivity contribution < 1.29 is 10.0 Å². The molecule has 6 nitrogen and oxygen atoms in total. The molecule has 0 saturated carbocycles. The molecule has 1 aliphatic heterocycles. The molecule has 92 valence electrons. The standard InChI is InChI=1S/C10H20N4O2/c1-8(2)10(15)14-5-3-13(4-6-14)7-9(11)12-16/h8,16H,3-7H2,1-2H3,(H2,11,12). The monoisotopic (exact) mass is 228 g/mol. The highest BCUT2D eigenvalue weighted by molar-refractivity contribution is 5.81. The number of carbonyl (C=O) groups is 1. The highest BCUT2D eigenvalue weighted by Crippen LogP contribution is 2.06. The molecule has 0 bridgehead atoms. The van der Waals surface area contributed by atoms with Gasteiger partial charge < -0.3 is 15.8 Å². The SMILES string of the molecule is CC(C)C(=O)N1CCN(CC(N)=NO)CC1. The fraction of sp³-hybridized carbons (Fsp3) is 0.800. The van der Waals surface area contributed by atoms with Crippen molar-refractivity contribution in [3.63, 3.8) is 0 Å². The van der Waals surface area contributed by atoms with Crippen LogP contribution < -0.4 is 5.73 Å². The van der Waals surface area contributed by atoms with E-state index in [1.807, 2.05) is 18.7 Å². The molecule has 6 heteroatoms. The largest absolute Gasteiger partial charge is 0.409 e. The summed E-state index contributed by atoms with van der Waals surface area (Å²) in [6, 6.07) is 0. The van der Waals surface area contributed by atoms with E-state index in [-0.39, 0.29) is 17.7 Å². The van der Waals surface area contributed by atoms with Gasteiger partial charge in [-0.05, 0) is 0 Å². The van der Waals surface area contributed by atoms with Crippen LogP contribution in [0.5, 0.6) is 0 Å². The van der Waals surface area contributed by atoms with Crippen LogP contribution in [0, 0.1) is 5.92 Å². The van der Waals surface area contributed by atoms with Crippen molar-refractivity contribution in [2.24, 2.45) is 16.8 Å². The maximum Gasteiger partial charge on any atom is 0.225 e. The third-order valence-corrected chi connectivity index (χ3v) is 2.69. The zero-order valence-electron chi connectivity index (χ0n) is 9.89. The van der Waals surface area contributed by atoms with Crippen molar-refractivity contribution in [1.29, 1.82) is 0 Å². The van der Waals surface area contributed by atoms with E-state index in [0.29, 0.717) is 6.54 Å². The molecule has 0 atom stereocenters. The van der Waals surface area contributed by atoms with Gasteiger partial charge in [-0.1, -0.05) is 19.0 Å². The van der Waals surface area contributed by atoms with Crippen LogP contribution in [-0.4, -0.2) is 59.5 Å². The zero-order valence-corrected chi connectivity index (χ0v) is 9.89. The van der Waals surface area contributed by atoms with Gasteiger partial charge in [0.15, 0.2) is 5.84 Å². The van der Waals surface area contributed by atoms with Gasteiger partial charge >= 0.3 is 0 Å². The van der Waals surface area contributed by atoms with Crippen molar-refractivity contribution in [2.75, 3.05) is 32.7 Å². The van der Waals surface area contributed by atoms with Crippen LogP contribution in [0.2, 0.25) is 0 Å². The average molecular weight is 228 g/mol. The predicted octanol–water partition coefficient (Wildman–Crippen LogP) is -0.467. The Kier molecular flexibility index (Phi) is 4.54. The lowest BCUT2D eigenvalue weighted by Crippen LogP contribution is -2.51. The Morgan fingerprint density at radius 1 is 1.38 bits per heavy atom. The first-order valence-corrected chi connectivity index (χ1v) is 5.52. The van der Waals surface area contributed by atoms with Crippen LogP contribution >= 0.6 is 0 Å². The molecule has 0 spiro atoms. The number of piperazine rings is 1. The van der Waals surface area contributed by atoms with Crippen LogP contribution in [0.1, 0.15) is 13.8 Å². The minimum absolute atomic E-state index is 0.0515. The third-order valence-electron chi connectivity index (χ3n) is 2.69. The Bertz CT molecular complexity index is 270. The van der Waals surface area contributed by atoms with Crippen LogP contribution in [0.4, 0.5) is 0 Å². The maximum absolute atomic E-state index is 11.7. The quantitative estimate of drug-likeness (QED) is 0.296. The molecule has 0 unspecified atom stereocenters. The van der Waals surface area contributed by atoms with Crippen molar-refractivity contribution in [3.8, 4) is 0 Å². The molecule has 16 heavy (non-hydrogen) atoms. The lowest BCUT2D eigenvalue weighted by Gasteiger charge is -2.35. The number of amides is 1. The molecule has 0 aromatic carbocycles. The van der Waals surface area contributed by atoms with Gasteiger partial charge in [0.2, 0.25) is 5.91 Å². The fourth-order valence-corrected chi connectivity index (χ4v) is 1.75. The molecule has 1 amide bonds. The minimum atomic E-state index is 0.0515. The summed E-state index contributed by atoms with van der Waals surface area (Å²) in [7, 11) is 0. The molecule has 0 aromatic heterocycles.